The predicted octanol–water partition coefficient (Wildman–Crippen LogP) is 8.50. The lowest BCUT2D eigenvalue weighted by Crippen LogP contribution is -2.50. The van der Waals surface area contributed by atoms with E-state index in [0.717, 1.165) is 22.5 Å². The van der Waals surface area contributed by atoms with Crippen molar-refractivity contribution < 1.29 is 0 Å². The van der Waals surface area contributed by atoms with Crippen LogP contribution in [0.4, 0.5) is 0 Å². The van der Waals surface area contributed by atoms with Crippen LogP contribution in [0.5, 0.6) is 0 Å². The van der Waals surface area contributed by atoms with E-state index in [1.807, 2.05) is 18.2 Å². The van der Waals surface area contributed by atoms with Crippen molar-refractivity contribution in [3.63, 3.8) is 0 Å². The van der Waals surface area contributed by atoms with Gasteiger partial charge in [-0.2, -0.15) is 0 Å². The zero-order valence-electron chi connectivity index (χ0n) is 24.1. The first-order chi connectivity index (χ1) is 21.1. The maximum absolute atomic E-state index is 5.16. The summed E-state index contributed by atoms with van der Waals surface area (Å²) in [5.41, 5.74) is 8.11. The maximum Gasteiger partial charge on any atom is 0.164 e. The van der Waals surface area contributed by atoms with Gasteiger partial charge in [-0.15, -0.1) is 0 Å². The quantitative estimate of drug-likeness (QED) is 0.200. The third-order valence-corrected chi connectivity index (χ3v) is 12.3. The molecule has 0 atom stereocenters. The summed E-state index contributed by atoms with van der Waals surface area (Å²) in [5.74, 6) is 2.10. The maximum atomic E-state index is 5.16. The molecule has 204 valence electrons. The minimum atomic E-state index is -1.97. The Labute approximate surface area is 252 Å². The molecular formula is C39H29N3Si. The Kier molecular flexibility index (Phi) is 5.91. The smallest absolute Gasteiger partial charge is 0.164 e. The van der Waals surface area contributed by atoms with Gasteiger partial charge in [0.05, 0.1) is 0 Å². The molecule has 0 spiro atoms. The largest absolute Gasteiger partial charge is 0.208 e. The monoisotopic (exact) mass is 567 g/mol. The summed E-state index contributed by atoms with van der Waals surface area (Å²) in [6.45, 7) is 4.88. The van der Waals surface area contributed by atoms with E-state index in [1.165, 1.54) is 43.4 Å². The molecule has 6 aromatic carbocycles. The van der Waals surface area contributed by atoms with Gasteiger partial charge in [0.15, 0.2) is 17.5 Å². The Morgan fingerprint density at radius 1 is 0.395 bits per heavy atom. The van der Waals surface area contributed by atoms with E-state index in [4.69, 9.17) is 15.0 Å². The molecule has 0 radical (unpaired) electrons. The average Bonchev–Trinajstić information content (AvgIpc) is 3.31. The van der Waals surface area contributed by atoms with Crippen LogP contribution in [0.15, 0.2) is 140 Å². The van der Waals surface area contributed by atoms with Gasteiger partial charge in [0.25, 0.3) is 0 Å². The van der Waals surface area contributed by atoms with Crippen molar-refractivity contribution in [3.05, 3.63) is 140 Å². The number of rotatable bonds is 4. The van der Waals surface area contributed by atoms with E-state index >= 15 is 0 Å². The molecule has 8 rings (SSSR count). The van der Waals surface area contributed by atoms with E-state index in [9.17, 15) is 0 Å². The third kappa shape index (κ3) is 4.22. The van der Waals surface area contributed by atoms with E-state index in [1.54, 1.807) is 0 Å². The van der Waals surface area contributed by atoms with E-state index < -0.39 is 8.07 Å². The molecule has 0 unspecified atom stereocenters. The number of benzene rings is 6. The number of nitrogens with zero attached hydrogens (tertiary/aromatic N) is 3. The summed E-state index contributed by atoms with van der Waals surface area (Å²) in [7, 11) is -1.97. The minimum Gasteiger partial charge on any atom is -0.208 e. The molecule has 0 amide bonds. The first kappa shape index (κ1) is 25.5. The second kappa shape index (κ2) is 9.97. The molecule has 7 aromatic rings. The molecule has 0 N–H and O–H groups in total. The van der Waals surface area contributed by atoms with Crippen molar-refractivity contribution in [2.24, 2.45) is 0 Å². The molecule has 3 nitrogen and oxygen atoms in total. The van der Waals surface area contributed by atoms with Gasteiger partial charge in [-0.3, -0.25) is 0 Å². The Hall–Kier alpha value is -5.19. The molecule has 2 heterocycles. The summed E-state index contributed by atoms with van der Waals surface area (Å²) in [6, 6.07) is 49.3. The molecular weight excluding hydrogens is 539 g/mol. The minimum absolute atomic E-state index is 0.681. The Morgan fingerprint density at radius 3 is 1.74 bits per heavy atom. The second-order valence-corrected chi connectivity index (χ2v) is 16.0. The normalized spacial score (nSPS) is 13.1. The standard InChI is InChI=1S/C39H29N3Si/c1-43(2)35-21-9-8-17-32(35)33-19-11-20-34(36(33)43)39-41-37(28-13-4-3-5-14-28)40-38(42-39)29-24-22-27(23-25-29)31-18-10-15-26-12-6-7-16-30(26)31/h3-25H,1-2H3. The topological polar surface area (TPSA) is 38.7 Å². The number of aromatic nitrogens is 3. The van der Waals surface area contributed by atoms with Crippen LogP contribution >= 0.6 is 0 Å². The molecule has 1 aliphatic rings. The Bertz CT molecular complexity index is 2150. The lowest BCUT2D eigenvalue weighted by atomic mass is 9.97. The van der Waals surface area contributed by atoms with Gasteiger partial charge < -0.3 is 0 Å². The highest BCUT2D eigenvalue weighted by Gasteiger charge is 2.39. The molecule has 0 saturated carbocycles. The summed E-state index contributed by atoms with van der Waals surface area (Å²) < 4.78 is 0. The van der Waals surface area contributed by atoms with Gasteiger partial charge in [0.1, 0.15) is 8.07 Å². The van der Waals surface area contributed by atoms with E-state index in [0.29, 0.717) is 11.6 Å². The molecule has 1 aromatic heterocycles. The van der Waals surface area contributed by atoms with Crippen LogP contribution in [0, 0.1) is 0 Å². The number of hydrogen-bond acceptors (Lipinski definition) is 3. The van der Waals surface area contributed by atoms with Crippen LogP contribution < -0.4 is 10.4 Å². The highest BCUT2D eigenvalue weighted by atomic mass is 28.3. The Morgan fingerprint density at radius 2 is 0.930 bits per heavy atom. The first-order valence-electron chi connectivity index (χ1n) is 14.7. The lowest BCUT2D eigenvalue weighted by Gasteiger charge is -2.21. The van der Waals surface area contributed by atoms with Gasteiger partial charge in [-0.25, -0.2) is 15.0 Å². The molecule has 0 bridgehead atoms. The van der Waals surface area contributed by atoms with E-state index in [2.05, 4.69) is 134 Å². The predicted molar refractivity (Wildman–Crippen MR) is 181 cm³/mol. The average molecular weight is 568 g/mol. The highest BCUT2D eigenvalue weighted by molar-refractivity contribution is 7.04. The van der Waals surface area contributed by atoms with Crippen molar-refractivity contribution in [2.45, 2.75) is 13.1 Å². The van der Waals surface area contributed by atoms with Gasteiger partial charge in [-0.05, 0) is 43.4 Å². The van der Waals surface area contributed by atoms with Gasteiger partial charge in [0.2, 0.25) is 0 Å². The fourth-order valence-electron chi connectivity index (χ4n) is 6.65. The third-order valence-electron chi connectivity index (χ3n) is 8.73. The molecule has 0 fully saturated rings. The van der Waals surface area contributed by atoms with E-state index in [-0.39, 0.29) is 0 Å². The van der Waals surface area contributed by atoms with Crippen molar-refractivity contribution in [1.29, 1.82) is 0 Å². The zero-order valence-corrected chi connectivity index (χ0v) is 25.1. The van der Waals surface area contributed by atoms with Crippen molar-refractivity contribution >= 4 is 29.2 Å². The van der Waals surface area contributed by atoms with Gasteiger partial charge in [0, 0.05) is 16.7 Å². The first-order valence-corrected chi connectivity index (χ1v) is 17.7. The summed E-state index contributed by atoms with van der Waals surface area (Å²) in [6.07, 6.45) is 0. The zero-order chi connectivity index (χ0) is 29.0. The molecule has 4 heteroatoms. The molecule has 43 heavy (non-hydrogen) atoms. The summed E-state index contributed by atoms with van der Waals surface area (Å²) in [5, 5.41) is 5.36. The van der Waals surface area contributed by atoms with Crippen LogP contribution in [-0.2, 0) is 0 Å². The van der Waals surface area contributed by atoms with Crippen molar-refractivity contribution in [2.75, 3.05) is 0 Å². The van der Waals surface area contributed by atoms with Crippen LogP contribution in [0.3, 0.4) is 0 Å². The second-order valence-electron chi connectivity index (χ2n) is 11.7. The number of fused-ring (bicyclic) bond motifs is 4. The van der Waals surface area contributed by atoms with Crippen LogP contribution in [0.1, 0.15) is 0 Å². The van der Waals surface area contributed by atoms with Gasteiger partial charge >= 0.3 is 0 Å². The van der Waals surface area contributed by atoms with Gasteiger partial charge in [-0.1, -0.05) is 153 Å². The lowest BCUT2D eigenvalue weighted by molar-refractivity contribution is 1.08. The van der Waals surface area contributed by atoms with Crippen molar-refractivity contribution in [3.8, 4) is 56.4 Å². The molecule has 0 aliphatic carbocycles. The highest BCUT2D eigenvalue weighted by Crippen LogP contribution is 2.34. The fraction of sp³-hybridized carbons (Fsp3) is 0.0513. The molecule has 1 aliphatic heterocycles. The Balaban J connectivity index is 1.29. The van der Waals surface area contributed by atoms with Crippen LogP contribution in [0.2, 0.25) is 13.1 Å². The SMILES string of the molecule is C[Si]1(C)c2ccccc2-c2cccc(-c3nc(-c4ccccc4)nc(-c4ccc(-c5cccc6ccccc56)cc4)n3)c21. The van der Waals surface area contributed by atoms with Crippen LogP contribution in [-0.4, -0.2) is 23.0 Å². The summed E-state index contributed by atoms with van der Waals surface area (Å²) >= 11 is 0. The number of hydrogen-bond donors (Lipinski definition) is 0. The molecule has 0 saturated heterocycles. The fourth-order valence-corrected chi connectivity index (χ4v) is 10.1. The summed E-state index contributed by atoms with van der Waals surface area (Å²) in [4.78, 5) is 15.3. The van der Waals surface area contributed by atoms with Crippen LogP contribution in [0.25, 0.3) is 67.2 Å². The van der Waals surface area contributed by atoms with Crippen molar-refractivity contribution in [1.82, 2.24) is 15.0 Å².